The van der Waals surface area contributed by atoms with Crippen LogP contribution in [0.15, 0.2) is 41.4 Å². The van der Waals surface area contributed by atoms with Gasteiger partial charge in [-0.3, -0.25) is 9.59 Å². The number of halogens is 1. The molecule has 1 atom stereocenters. The van der Waals surface area contributed by atoms with Crippen molar-refractivity contribution in [2.45, 2.75) is 24.3 Å². The number of carbonyl (C=O) groups excluding carboxylic acids is 2. The second-order valence-electron chi connectivity index (χ2n) is 6.25. The zero-order valence-electron chi connectivity index (χ0n) is 15.3. The molecule has 154 valence electrons. The third-order valence-corrected chi connectivity index (χ3v) is 5.66. The summed E-state index contributed by atoms with van der Waals surface area (Å²) in [7, 11) is -3.94. The molecule has 29 heavy (non-hydrogen) atoms. The van der Waals surface area contributed by atoms with Crippen LogP contribution in [0.1, 0.15) is 23.7 Å². The molecule has 1 unspecified atom stereocenters. The van der Waals surface area contributed by atoms with Crippen molar-refractivity contribution in [3.8, 4) is 5.88 Å². The molecule has 1 fully saturated rings. The zero-order chi connectivity index (χ0) is 21.0. The van der Waals surface area contributed by atoms with Crippen LogP contribution in [0.5, 0.6) is 5.88 Å². The molecule has 0 radical (unpaired) electrons. The van der Waals surface area contributed by atoms with E-state index in [2.05, 4.69) is 10.3 Å². The van der Waals surface area contributed by atoms with E-state index >= 15 is 0 Å². The number of nitrogens with one attached hydrogen (secondary N) is 2. The van der Waals surface area contributed by atoms with Gasteiger partial charge in [0.05, 0.1) is 23.7 Å². The highest BCUT2D eigenvalue weighted by molar-refractivity contribution is 7.90. The fourth-order valence-corrected chi connectivity index (χ4v) is 3.77. The predicted octanol–water partition coefficient (Wildman–Crippen LogP) is 1.98. The van der Waals surface area contributed by atoms with Crippen LogP contribution in [0.4, 0.5) is 5.69 Å². The molecule has 2 N–H and O–H groups in total. The number of aromatic nitrogens is 1. The minimum atomic E-state index is -3.94. The first-order chi connectivity index (χ1) is 13.7. The zero-order valence-corrected chi connectivity index (χ0v) is 16.9. The number of pyridine rings is 1. The lowest BCUT2D eigenvalue weighted by Crippen LogP contribution is -2.28. The highest BCUT2D eigenvalue weighted by Crippen LogP contribution is 2.25. The van der Waals surface area contributed by atoms with Crippen LogP contribution in [0.25, 0.3) is 0 Å². The molecule has 2 aromatic rings. The summed E-state index contributed by atoms with van der Waals surface area (Å²) in [6.07, 6.45) is 1.96. The summed E-state index contributed by atoms with van der Waals surface area (Å²) in [5, 5.41) is 2.81. The van der Waals surface area contributed by atoms with E-state index in [0.717, 1.165) is 13.3 Å². The number of hydrogen-bond acceptors (Lipinski definition) is 7. The average Bonchev–Trinajstić information content (AvgIpc) is 3.16. The van der Waals surface area contributed by atoms with E-state index in [-0.39, 0.29) is 27.5 Å². The van der Waals surface area contributed by atoms with Gasteiger partial charge < -0.3 is 14.8 Å². The summed E-state index contributed by atoms with van der Waals surface area (Å²) < 4.78 is 36.6. The van der Waals surface area contributed by atoms with Gasteiger partial charge in [-0.15, -0.1) is 0 Å². The number of amides is 2. The molecule has 11 heteroatoms. The Labute approximate surface area is 172 Å². The lowest BCUT2D eigenvalue weighted by atomic mass is 10.2. The number of ether oxygens (including phenoxy) is 2. The summed E-state index contributed by atoms with van der Waals surface area (Å²) in [5.41, 5.74) is 0.566. The molecule has 2 heterocycles. The smallest absolute Gasteiger partial charge is 0.264 e. The Morgan fingerprint density at radius 1 is 1.28 bits per heavy atom. The molecule has 1 aliphatic rings. The molecule has 1 aromatic heterocycles. The Hall–Kier alpha value is -2.69. The third kappa shape index (κ3) is 5.43. The maximum absolute atomic E-state index is 12.4. The largest absolute Gasteiger partial charge is 0.471 e. The first-order valence-corrected chi connectivity index (χ1v) is 10.5. The molecule has 0 saturated carbocycles. The number of sulfonamides is 1. The summed E-state index contributed by atoms with van der Waals surface area (Å²) >= 11 is 6.16. The number of benzene rings is 1. The first kappa shape index (κ1) is 21.0. The maximum Gasteiger partial charge on any atom is 0.264 e. The van der Waals surface area contributed by atoms with Crippen molar-refractivity contribution in [3.63, 3.8) is 0 Å². The fraction of sp³-hybridized carbons (Fsp3) is 0.278. The molecule has 0 aliphatic carbocycles. The lowest BCUT2D eigenvalue weighted by molar-refractivity contribution is -0.117. The maximum atomic E-state index is 12.4. The molecular formula is C18H18ClN3O6S. The van der Waals surface area contributed by atoms with Crippen molar-refractivity contribution < 1.29 is 27.5 Å². The van der Waals surface area contributed by atoms with Gasteiger partial charge in [-0.2, -0.15) is 0 Å². The topological polar surface area (TPSA) is 124 Å². The molecule has 9 nitrogen and oxygen atoms in total. The second kappa shape index (κ2) is 8.76. The van der Waals surface area contributed by atoms with Crippen LogP contribution < -0.4 is 14.8 Å². The molecule has 3 rings (SSSR count). The SMILES string of the molecule is CC(=O)NS(=O)(=O)c1ccc(NC(=O)c2cnc(OC3CCOC3)c(Cl)c2)cc1. The summed E-state index contributed by atoms with van der Waals surface area (Å²) in [6, 6.07) is 6.78. The van der Waals surface area contributed by atoms with E-state index in [1.807, 2.05) is 4.72 Å². The first-order valence-electron chi connectivity index (χ1n) is 8.59. The van der Waals surface area contributed by atoms with Gasteiger partial charge in [-0.1, -0.05) is 11.6 Å². The van der Waals surface area contributed by atoms with E-state index in [4.69, 9.17) is 21.1 Å². The number of rotatable bonds is 6. The Bertz CT molecular complexity index is 1020. The van der Waals surface area contributed by atoms with E-state index in [1.54, 1.807) is 0 Å². The minimum absolute atomic E-state index is 0.104. The van der Waals surface area contributed by atoms with Crippen molar-refractivity contribution in [3.05, 3.63) is 47.1 Å². The molecule has 0 bridgehead atoms. The van der Waals surface area contributed by atoms with Crippen molar-refractivity contribution in [1.82, 2.24) is 9.71 Å². The van der Waals surface area contributed by atoms with E-state index in [0.29, 0.717) is 18.9 Å². The monoisotopic (exact) mass is 439 g/mol. The Morgan fingerprint density at radius 2 is 2.00 bits per heavy atom. The van der Waals surface area contributed by atoms with Gasteiger partial charge in [0.25, 0.3) is 15.9 Å². The summed E-state index contributed by atoms with van der Waals surface area (Å²) in [5.74, 6) is -0.946. The lowest BCUT2D eigenvalue weighted by Gasteiger charge is -2.13. The third-order valence-electron chi connectivity index (χ3n) is 3.94. The Kier molecular flexibility index (Phi) is 6.36. The second-order valence-corrected chi connectivity index (χ2v) is 8.34. The van der Waals surface area contributed by atoms with Crippen LogP contribution in [-0.2, 0) is 19.6 Å². The summed E-state index contributed by atoms with van der Waals surface area (Å²) in [6.45, 7) is 2.19. The van der Waals surface area contributed by atoms with Gasteiger partial charge in [0.1, 0.15) is 11.1 Å². The fourth-order valence-electron chi connectivity index (χ4n) is 2.57. The molecule has 1 aliphatic heterocycles. The number of carbonyl (C=O) groups is 2. The van der Waals surface area contributed by atoms with Crippen LogP contribution in [-0.4, -0.2) is 44.5 Å². The van der Waals surface area contributed by atoms with Crippen LogP contribution in [0, 0.1) is 0 Å². The molecule has 0 spiro atoms. The Balaban J connectivity index is 1.66. The highest BCUT2D eigenvalue weighted by Gasteiger charge is 2.20. The van der Waals surface area contributed by atoms with Gasteiger partial charge >= 0.3 is 0 Å². The average molecular weight is 440 g/mol. The Morgan fingerprint density at radius 3 is 2.59 bits per heavy atom. The van der Waals surface area contributed by atoms with Crippen molar-refractivity contribution in [2.75, 3.05) is 18.5 Å². The van der Waals surface area contributed by atoms with Gasteiger partial charge in [0, 0.05) is 25.2 Å². The number of anilines is 1. The quantitative estimate of drug-likeness (QED) is 0.705. The summed E-state index contributed by atoms with van der Waals surface area (Å²) in [4.78, 5) is 27.4. The van der Waals surface area contributed by atoms with Crippen molar-refractivity contribution in [2.24, 2.45) is 0 Å². The van der Waals surface area contributed by atoms with Crippen LogP contribution in [0.3, 0.4) is 0 Å². The van der Waals surface area contributed by atoms with Gasteiger partial charge in [0.2, 0.25) is 11.8 Å². The predicted molar refractivity (Wildman–Crippen MR) is 104 cm³/mol. The molecule has 2 amide bonds. The number of hydrogen-bond donors (Lipinski definition) is 2. The van der Waals surface area contributed by atoms with E-state index in [9.17, 15) is 18.0 Å². The molecule has 1 aromatic carbocycles. The van der Waals surface area contributed by atoms with Crippen molar-refractivity contribution >= 4 is 39.1 Å². The highest BCUT2D eigenvalue weighted by atomic mass is 35.5. The minimum Gasteiger partial charge on any atom is -0.471 e. The van der Waals surface area contributed by atoms with Gasteiger partial charge in [-0.25, -0.2) is 18.1 Å². The van der Waals surface area contributed by atoms with Gasteiger partial charge in [-0.05, 0) is 30.3 Å². The van der Waals surface area contributed by atoms with Crippen LogP contribution in [0.2, 0.25) is 5.02 Å². The van der Waals surface area contributed by atoms with Gasteiger partial charge in [0.15, 0.2) is 0 Å². The molecule has 1 saturated heterocycles. The van der Waals surface area contributed by atoms with E-state index < -0.39 is 21.8 Å². The molecular weight excluding hydrogens is 422 g/mol. The van der Waals surface area contributed by atoms with Crippen molar-refractivity contribution in [1.29, 1.82) is 0 Å². The van der Waals surface area contributed by atoms with Crippen LogP contribution >= 0.6 is 11.6 Å². The normalized spacial score (nSPS) is 16.3. The van der Waals surface area contributed by atoms with E-state index in [1.165, 1.54) is 36.5 Å². The standard InChI is InChI=1S/C18H18ClN3O6S/c1-11(23)22-29(25,26)15-4-2-13(3-5-15)21-17(24)12-8-16(19)18(20-9-12)28-14-6-7-27-10-14/h2-5,8-9,14H,6-7,10H2,1H3,(H,21,24)(H,22,23). The number of nitrogens with zero attached hydrogens (tertiary/aromatic N) is 1.